The first-order chi connectivity index (χ1) is 12.9. The van der Waals surface area contributed by atoms with Gasteiger partial charge in [-0.15, -0.1) is 0 Å². The van der Waals surface area contributed by atoms with E-state index in [1.165, 1.54) is 37.5 Å². The fourth-order valence-corrected chi connectivity index (χ4v) is 3.54. The number of benzene rings is 2. The van der Waals surface area contributed by atoms with Gasteiger partial charge in [0.15, 0.2) is 0 Å². The van der Waals surface area contributed by atoms with Gasteiger partial charge in [0.05, 0.1) is 21.7 Å². The molecule has 138 valence electrons. The fourth-order valence-electron chi connectivity index (χ4n) is 2.81. The molecule has 0 saturated carbocycles. The number of anilines is 1. The van der Waals surface area contributed by atoms with Crippen LogP contribution in [0.25, 0.3) is 10.9 Å². The highest BCUT2D eigenvalue weighted by molar-refractivity contribution is 7.89. The van der Waals surface area contributed by atoms with Gasteiger partial charge in [-0.05, 0) is 49.4 Å². The molecule has 1 aromatic heterocycles. The quantitative estimate of drug-likeness (QED) is 0.705. The molecule has 0 amide bonds. The molecule has 0 fully saturated rings. The standard InChI is InChI=1S/C19H17FN4O2S/c1-12-7-15(20)8-17-18(12)24-11-14(9-21)19(17)23-10-13-3-5-16(6-4-13)27(25,26)22-2/h3-8,11,22H,10H2,1-2H3,(H,23,24). The summed E-state index contributed by atoms with van der Waals surface area (Å²) >= 11 is 0. The molecule has 6 nitrogen and oxygen atoms in total. The van der Waals surface area contributed by atoms with Crippen LogP contribution in [0.15, 0.2) is 47.5 Å². The summed E-state index contributed by atoms with van der Waals surface area (Å²) in [6.45, 7) is 2.10. The lowest BCUT2D eigenvalue weighted by Gasteiger charge is -2.13. The number of sulfonamides is 1. The molecule has 27 heavy (non-hydrogen) atoms. The summed E-state index contributed by atoms with van der Waals surface area (Å²) in [4.78, 5) is 4.42. The first-order valence-electron chi connectivity index (χ1n) is 8.11. The third kappa shape index (κ3) is 3.74. The highest BCUT2D eigenvalue weighted by atomic mass is 32.2. The number of aryl methyl sites for hydroxylation is 1. The Morgan fingerprint density at radius 1 is 1.22 bits per heavy atom. The minimum atomic E-state index is -3.49. The van der Waals surface area contributed by atoms with E-state index in [0.717, 1.165) is 5.56 Å². The summed E-state index contributed by atoms with van der Waals surface area (Å²) in [6.07, 6.45) is 1.46. The fraction of sp³-hybridized carbons (Fsp3) is 0.158. The van der Waals surface area contributed by atoms with Crippen molar-refractivity contribution in [2.75, 3.05) is 12.4 Å². The van der Waals surface area contributed by atoms with E-state index in [9.17, 15) is 18.1 Å². The lowest BCUT2D eigenvalue weighted by atomic mass is 10.1. The van der Waals surface area contributed by atoms with E-state index in [0.29, 0.717) is 34.3 Å². The highest BCUT2D eigenvalue weighted by Crippen LogP contribution is 2.29. The lowest BCUT2D eigenvalue weighted by Crippen LogP contribution is -2.18. The molecular weight excluding hydrogens is 367 g/mol. The maximum absolute atomic E-state index is 13.9. The van der Waals surface area contributed by atoms with Crippen molar-refractivity contribution in [2.24, 2.45) is 0 Å². The van der Waals surface area contributed by atoms with Crippen molar-refractivity contribution in [3.05, 3.63) is 65.1 Å². The lowest BCUT2D eigenvalue weighted by molar-refractivity contribution is 0.588. The molecular formula is C19H17FN4O2S. The maximum atomic E-state index is 13.9. The van der Waals surface area contributed by atoms with E-state index >= 15 is 0 Å². The molecule has 0 saturated heterocycles. The number of nitriles is 1. The van der Waals surface area contributed by atoms with Crippen molar-refractivity contribution in [3.8, 4) is 6.07 Å². The van der Waals surface area contributed by atoms with Crippen LogP contribution >= 0.6 is 0 Å². The average molecular weight is 384 g/mol. The van der Waals surface area contributed by atoms with E-state index in [1.54, 1.807) is 19.1 Å². The molecule has 0 unspecified atom stereocenters. The van der Waals surface area contributed by atoms with Crippen LogP contribution < -0.4 is 10.0 Å². The maximum Gasteiger partial charge on any atom is 0.240 e. The van der Waals surface area contributed by atoms with Gasteiger partial charge >= 0.3 is 0 Å². The van der Waals surface area contributed by atoms with E-state index in [2.05, 4.69) is 21.1 Å². The number of fused-ring (bicyclic) bond motifs is 1. The second-order valence-electron chi connectivity index (χ2n) is 5.98. The van der Waals surface area contributed by atoms with Gasteiger partial charge in [-0.1, -0.05) is 12.1 Å². The molecule has 0 aliphatic rings. The monoisotopic (exact) mass is 384 g/mol. The Morgan fingerprint density at radius 2 is 1.93 bits per heavy atom. The highest BCUT2D eigenvalue weighted by Gasteiger charge is 2.13. The number of nitrogens with one attached hydrogen (secondary N) is 2. The largest absolute Gasteiger partial charge is 0.379 e. The average Bonchev–Trinajstić information content (AvgIpc) is 2.66. The molecule has 0 spiro atoms. The van der Waals surface area contributed by atoms with Crippen molar-refractivity contribution in [2.45, 2.75) is 18.4 Å². The summed E-state index contributed by atoms with van der Waals surface area (Å²) in [5, 5.41) is 13.1. The molecule has 0 atom stereocenters. The van der Waals surface area contributed by atoms with Crippen LogP contribution in [0.5, 0.6) is 0 Å². The van der Waals surface area contributed by atoms with Crippen molar-refractivity contribution < 1.29 is 12.8 Å². The molecule has 8 heteroatoms. The van der Waals surface area contributed by atoms with Crippen LogP contribution in [-0.4, -0.2) is 20.4 Å². The minimum Gasteiger partial charge on any atom is -0.379 e. The van der Waals surface area contributed by atoms with E-state index < -0.39 is 15.8 Å². The first-order valence-corrected chi connectivity index (χ1v) is 9.59. The summed E-state index contributed by atoms with van der Waals surface area (Å²) < 4.78 is 39.7. The molecule has 3 aromatic rings. The van der Waals surface area contributed by atoms with Gasteiger partial charge in [0.25, 0.3) is 0 Å². The Hall–Kier alpha value is -3.02. The molecule has 0 aliphatic carbocycles. The van der Waals surface area contributed by atoms with Gasteiger partial charge in [0, 0.05) is 18.1 Å². The van der Waals surface area contributed by atoms with Crippen LogP contribution in [0.4, 0.5) is 10.1 Å². The van der Waals surface area contributed by atoms with Gasteiger partial charge in [0.2, 0.25) is 10.0 Å². The Balaban J connectivity index is 1.94. The Labute approximate surface area is 156 Å². The Bertz CT molecular complexity index is 1150. The van der Waals surface area contributed by atoms with Crippen molar-refractivity contribution in [1.29, 1.82) is 5.26 Å². The van der Waals surface area contributed by atoms with Crippen molar-refractivity contribution in [3.63, 3.8) is 0 Å². The third-order valence-corrected chi connectivity index (χ3v) is 5.65. The molecule has 2 aromatic carbocycles. The van der Waals surface area contributed by atoms with E-state index in [1.807, 2.05) is 0 Å². The number of pyridine rings is 1. The Kier molecular flexibility index (Phi) is 5.08. The Morgan fingerprint density at radius 3 is 2.56 bits per heavy atom. The second-order valence-corrected chi connectivity index (χ2v) is 7.87. The van der Waals surface area contributed by atoms with Gasteiger partial charge in [-0.25, -0.2) is 17.5 Å². The second kappa shape index (κ2) is 7.31. The van der Waals surface area contributed by atoms with Crippen molar-refractivity contribution in [1.82, 2.24) is 9.71 Å². The number of hydrogen-bond acceptors (Lipinski definition) is 5. The number of halogens is 1. The number of hydrogen-bond donors (Lipinski definition) is 2. The van der Waals surface area contributed by atoms with Gasteiger partial charge in [-0.3, -0.25) is 4.98 Å². The van der Waals surface area contributed by atoms with Crippen LogP contribution in [0.3, 0.4) is 0 Å². The van der Waals surface area contributed by atoms with Crippen molar-refractivity contribution >= 4 is 26.6 Å². The summed E-state index contributed by atoms with van der Waals surface area (Å²) in [5.41, 5.74) is 2.92. The molecule has 0 radical (unpaired) electrons. The zero-order valence-electron chi connectivity index (χ0n) is 14.7. The van der Waals surface area contributed by atoms with E-state index in [4.69, 9.17) is 0 Å². The topological polar surface area (TPSA) is 94.9 Å². The molecule has 1 heterocycles. The number of aromatic nitrogens is 1. The number of rotatable bonds is 5. The van der Waals surface area contributed by atoms with Gasteiger partial charge in [0.1, 0.15) is 11.9 Å². The predicted molar refractivity (Wildman–Crippen MR) is 101 cm³/mol. The summed E-state index contributed by atoms with van der Waals surface area (Å²) in [5.74, 6) is -0.401. The molecule has 2 N–H and O–H groups in total. The minimum absolute atomic E-state index is 0.165. The van der Waals surface area contributed by atoms with E-state index in [-0.39, 0.29) is 4.90 Å². The van der Waals surface area contributed by atoms with Crippen LogP contribution in [0, 0.1) is 24.1 Å². The zero-order valence-corrected chi connectivity index (χ0v) is 15.6. The smallest absolute Gasteiger partial charge is 0.240 e. The summed E-state index contributed by atoms with van der Waals surface area (Å²) in [6, 6.07) is 11.2. The molecule has 0 aliphatic heterocycles. The first kappa shape index (κ1) is 18.8. The number of nitrogens with zero attached hydrogens (tertiary/aromatic N) is 2. The van der Waals surface area contributed by atoms with Gasteiger partial charge < -0.3 is 5.32 Å². The molecule has 3 rings (SSSR count). The van der Waals surface area contributed by atoms with Crippen LogP contribution in [-0.2, 0) is 16.6 Å². The normalized spacial score (nSPS) is 11.3. The van der Waals surface area contributed by atoms with Crippen LogP contribution in [0.2, 0.25) is 0 Å². The predicted octanol–water partition coefficient (Wildman–Crippen LogP) is 3.07. The van der Waals surface area contributed by atoms with Crippen LogP contribution in [0.1, 0.15) is 16.7 Å². The molecule has 0 bridgehead atoms. The summed E-state index contributed by atoms with van der Waals surface area (Å²) in [7, 11) is -2.14. The zero-order chi connectivity index (χ0) is 19.6. The van der Waals surface area contributed by atoms with Gasteiger partial charge in [-0.2, -0.15) is 5.26 Å². The third-order valence-electron chi connectivity index (χ3n) is 4.22. The SMILES string of the molecule is CNS(=O)(=O)c1ccc(CNc2c(C#N)cnc3c(C)cc(F)cc23)cc1.